The molecule has 0 unspecified atom stereocenters. The number of ether oxygens (including phenoxy) is 1. The van der Waals surface area contributed by atoms with E-state index >= 15 is 0 Å². The van der Waals surface area contributed by atoms with Gasteiger partial charge in [0.15, 0.2) is 9.84 Å². The van der Waals surface area contributed by atoms with Crippen LogP contribution in [-0.4, -0.2) is 62.4 Å². The highest BCUT2D eigenvalue weighted by molar-refractivity contribution is 7.91. The summed E-state index contributed by atoms with van der Waals surface area (Å²) in [5.74, 6) is -1.23. The summed E-state index contributed by atoms with van der Waals surface area (Å²) in [5.41, 5.74) is 2.77. The van der Waals surface area contributed by atoms with Crippen molar-refractivity contribution in [3.63, 3.8) is 0 Å². The number of carbonyl (C=O) groups is 2. The van der Waals surface area contributed by atoms with E-state index < -0.39 is 15.8 Å². The second-order valence-electron chi connectivity index (χ2n) is 7.75. The lowest BCUT2D eigenvalue weighted by Gasteiger charge is -2.27. The standard InChI is InChI=1S/C20H28N2O5S/c1-14-5-3-7-18(15(14)2)21-19(23)12-22(11-17-6-4-9-27-17)20(24)16-8-10-28(25,26)13-16/h3,5,7,16-17H,4,6,8-13H2,1-2H3,(H,21,23)/t16-,17+/m0/s1. The van der Waals surface area contributed by atoms with Gasteiger partial charge in [-0.25, -0.2) is 8.42 Å². The molecule has 0 spiro atoms. The predicted molar refractivity (Wildman–Crippen MR) is 107 cm³/mol. The van der Waals surface area contributed by atoms with Crippen LogP contribution < -0.4 is 5.32 Å². The van der Waals surface area contributed by atoms with Crippen molar-refractivity contribution in [3.05, 3.63) is 29.3 Å². The number of carbonyl (C=O) groups excluding carboxylic acids is 2. The minimum atomic E-state index is -3.17. The number of hydrogen-bond acceptors (Lipinski definition) is 5. The number of nitrogens with zero attached hydrogens (tertiary/aromatic N) is 1. The highest BCUT2D eigenvalue weighted by Crippen LogP contribution is 2.23. The molecule has 7 nitrogen and oxygen atoms in total. The molecule has 0 saturated carbocycles. The summed E-state index contributed by atoms with van der Waals surface area (Å²) in [7, 11) is -3.17. The molecule has 1 aromatic carbocycles. The van der Waals surface area contributed by atoms with Crippen molar-refractivity contribution in [2.24, 2.45) is 5.92 Å². The van der Waals surface area contributed by atoms with Gasteiger partial charge in [0.1, 0.15) is 0 Å². The molecule has 2 fully saturated rings. The Labute approximate surface area is 166 Å². The smallest absolute Gasteiger partial charge is 0.244 e. The van der Waals surface area contributed by atoms with Crippen molar-refractivity contribution in [3.8, 4) is 0 Å². The van der Waals surface area contributed by atoms with Gasteiger partial charge < -0.3 is 15.0 Å². The molecule has 2 atom stereocenters. The molecule has 0 aromatic heterocycles. The van der Waals surface area contributed by atoms with Crippen molar-refractivity contribution in [2.45, 2.75) is 39.2 Å². The monoisotopic (exact) mass is 408 g/mol. The van der Waals surface area contributed by atoms with Gasteiger partial charge in [-0.2, -0.15) is 0 Å². The number of nitrogens with one attached hydrogen (secondary N) is 1. The van der Waals surface area contributed by atoms with Crippen LogP contribution in [0.3, 0.4) is 0 Å². The van der Waals surface area contributed by atoms with E-state index in [2.05, 4.69) is 5.32 Å². The fourth-order valence-electron chi connectivity index (χ4n) is 3.76. The normalized spacial score (nSPS) is 23.5. The van der Waals surface area contributed by atoms with Crippen LogP contribution in [0.2, 0.25) is 0 Å². The lowest BCUT2D eigenvalue weighted by Crippen LogP contribution is -2.45. The maximum absolute atomic E-state index is 13.0. The molecule has 2 saturated heterocycles. The number of aryl methyl sites for hydroxylation is 1. The average molecular weight is 409 g/mol. The Bertz CT molecular complexity index is 846. The van der Waals surface area contributed by atoms with Crippen molar-refractivity contribution in [1.29, 1.82) is 0 Å². The SMILES string of the molecule is Cc1cccc(NC(=O)CN(C[C@H]2CCCO2)C(=O)[C@H]2CCS(=O)(=O)C2)c1C. The fraction of sp³-hybridized carbons (Fsp3) is 0.600. The van der Waals surface area contributed by atoms with E-state index in [4.69, 9.17) is 4.74 Å². The summed E-state index contributed by atoms with van der Waals surface area (Å²) in [6.45, 7) is 4.76. The van der Waals surface area contributed by atoms with Gasteiger partial charge in [-0.1, -0.05) is 12.1 Å². The molecule has 28 heavy (non-hydrogen) atoms. The number of rotatable bonds is 6. The van der Waals surface area contributed by atoms with E-state index in [-0.39, 0.29) is 36.0 Å². The zero-order valence-corrected chi connectivity index (χ0v) is 17.3. The van der Waals surface area contributed by atoms with Crippen molar-refractivity contribution >= 4 is 27.3 Å². The summed E-state index contributed by atoms with van der Waals surface area (Å²) in [5, 5.41) is 2.88. The van der Waals surface area contributed by atoms with E-state index in [1.807, 2.05) is 32.0 Å². The molecule has 1 N–H and O–H groups in total. The molecular formula is C20H28N2O5S. The molecule has 2 aliphatic heterocycles. The first kappa shape index (κ1) is 20.8. The number of sulfone groups is 1. The lowest BCUT2D eigenvalue weighted by atomic mass is 10.1. The third-order valence-electron chi connectivity index (χ3n) is 5.55. The molecule has 2 aliphatic rings. The Kier molecular flexibility index (Phi) is 6.40. The molecule has 2 amide bonds. The molecule has 0 aliphatic carbocycles. The van der Waals surface area contributed by atoms with Crippen molar-refractivity contribution < 1.29 is 22.7 Å². The third kappa shape index (κ3) is 5.11. The second-order valence-corrected chi connectivity index (χ2v) is 9.98. The Hall–Kier alpha value is -1.93. The van der Waals surface area contributed by atoms with Gasteiger partial charge in [0, 0.05) is 18.8 Å². The van der Waals surface area contributed by atoms with Gasteiger partial charge in [-0.05, 0) is 50.3 Å². The van der Waals surface area contributed by atoms with Crippen LogP contribution in [0.25, 0.3) is 0 Å². The molecule has 2 heterocycles. The summed E-state index contributed by atoms with van der Waals surface area (Å²) >= 11 is 0. The first-order chi connectivity index (χ1) is 13.2. The molecule has 8 heteroatoms. The van der Waals surface area contributed by atoms with E-state index in [9.17, 15) is 18.0 Å². The van der Waals surface area contributed by atoms with Crippen LogP contribution in [-0.2, 0) is 24.2 Å². The van der Waals surface area contributed by atoms with Crippen molar-refractivity contribution in [2.75, 3.05) is 36.5 Å². The highest BCUT2D eigenvalue weighted by atomic mass is 32.2. The van der Waals surface area contributed by atoms with Gasteiger partial charge in [0.05, 0.1) is 30.1 Å². The molecule has 0 radical (unpaired) electrons. The van der Waals surface area contributed by atoms with Gasteiger partial charge in [0.25, 0.3) is 0 Å². The summed E-state index contributed by atoms with van der Waals surface area (Å²) in [4.78, 5) is 27.1. The third-order valence-corrected chi connectivity index (χ3v) is 7.32. The lowest BCUT2D eigenvalue weighted by molar-refractivity contribution is -0.139. The highest BCUT2D eigenvalue weighted by Gasteiger charge is 2.37. The largest absolute Gasteiger partial charge is 0.376 e. The van der Waals surface area contributed by atoms with Gasteiger partial charge >= 0.3 is 0 Å². The van der Waals surface area contributed by atoms with Gasteiger partial charge in [-0.3, -0.25) is 9.59 Å². The maximum Gasteiger partial charge on any atom is 0.244 e. The summed E-state index contributed by atoms with van der Waals surface area (Å²) < 4.78 is 29.2. The first-order valence-electron chi connectivity index (χ1n) is 9.72. The van der Waals surface area contributed by atoms with E-state index in [1.165, 1.54) is 4.90 Å². The van der Waals surface area contributed by atoms with Crippen LogP contribution in [0.4, 0.5) is 5.69 Å². The Morgan fingerprint density at radius 1 is 1.25 bits per heavy atom. The maximum atomic E-state index is 13.0. The quantitative estimate of drug-likeness (QED) is 0.773. The summed E-state index contributed by atoms with van der Waals surface area (Å²) in [6.07, 6.45) is 1.99. The number of hydrogen-bond donors (Lipinski definition) is 1. The molecule has 154 valence electrons. The topological polar surface area (TPSA) is 92.8 Å². The van der Waals surface area contributed by atoms with E-state index in [1.54, 1.807) is 0 Å². The number of benzene rings is 1. The molecule has 0 bridgehead atoms. The zero-order valence-electron chi connectivity index (χ0n) is 16.4. The van der Waals surface area contributed by atoms with Crippen LogP contribution >= 0.6 is 0 Å². The summed E-state index contributed by atoms with van der Waals surface area (Å²) in [6, 6.07) is 5.67. The minimum Gasteiger partial charge on any atom is -0.376 e. The fourth-order valence-corrected chi connectivity index (χ4v) is 5.50. The number of anilines is 1. The van der Waals surface area contributed by atoms with E-state index in [0.29, 0.717) is 19.6 Å². The Morgan fingerprint density at radius 3 is 2.68 bits per heavy atom. The minimum absolute atomic E-state index is 0.0336. The van der Waals surface area contributed by atoms with Crippen LogP contribution in [0, 0.1) is 19.8 Å². The molecule has 1 aromatic rings. The predicted octanol–water partition coefficient (Wildman–Crippen LogP) is 1.68. The van der Waals surface area contributed by atoms with Crippen molar-refractivity contribution in [1.82, 2.24) is 4.90 Å². The first-order valence-corrected chi connectivity index (χ1v) is 11.5. The van der Waals surface area contributed by atoms with Gasteiger partial charge in [0.2, 0.25) is 11.8 Å². The van der Waals surface area contributed by atoms with E-state index in [0.717, 1.165) is 29.7 Å². The van der Waals surface area contributed by atoms with Crippen LogP contribution in [0.5, 0.6) is 0 Å². The van der Waals surface area contributed by atoms with Crippen LogP contribution in [0.15, 0.2) is 18.2 Å². The van der Waals surface area contributed by atoms with Gasteiger partial charge in [-0.15, -0.1) is 0 Å². The molecule has 3 rings (SSSR count). The molecular weight excluding hydrogens is 380 g/mol. The Balaban J connectivity index is 1.70. The Morgan fingerprint density at radius 2 is 2.04 bits per heavy atom. The number of amides is 2. The van der Waals surface area contributed by atoms with Crippen LogP contribution in [0.1, 0.15) is 30.4 Å². The second kappa shape index (κ2) is 8.61. The zero-order chi connectivity index (χ0) is 20.3. The average Bonchev–Trinajstić information content (AvgIpc) is 3.27.